The van der Waals surface area contributed by atoms with Crippen molar-refractivity contribution in [3.8, 4) is 5.75 Å². The van der Waals surface area contributed by atoms with Crippen LogP contribution >= 0.6 is 0 Å². The predicted molar refractivity (Wildman–Crippen MR) is 73.5 cm³/mol. The third-order valence-corrected chi connectivity index (χ3v) is 2.78. The van der Waals surface area contributed by atoms with E-state index in [1.807, 2.05) is 13.8 Å². The van der Waals surface area contributed by atoms with E-state index in [0.29, 0.717) is 12.0 Å². The molecule has 0 amide bonds. The highest BCUT2D eigenvalue weighted by Gasteiger charge is 2.17. The first-order chi connectivity index (χ1) is 7.91. The van der Waals surface area contributed by atoms with Gasteiger partial charge in [0, 0.05) is 6.04 Å². The van der Waals surface area contributed by atoms with Crippen LogP contribution in [0.25, 0.3) is 0 Å². The molecule has 0 fully saturated rings. The highest BCUT2D eigenvalue weighted by Crippen LogP contribution is 2.27. The summed E-state index contributed by atoms with van der Waals surface area (Å²) in [4.78, 5) is 2.27. The van der Waals surface area contributed by atoms with E-state index in [1.165, 1.54) is 5.56 Å². The summed E-state index contributed by atoms with van der Waals surface area (Å²) in [5.41, 5.74) is 1.35. The molecule has 0 spiro atoms. The summed E-state index contributed by atoms with van der Waals surface area (Å²) in [6, 6.07) is 8.93. The van der Waals surface area contributed by atoms with Crippen LogP contribution in [0.3, 0.4) is 0 Å². The van der Waals surface area contributed by atoms with E-state index in [1.54, 1.807) is 0 Å². The SMILES string of the molecule is CC(C)Oc1ccc([C@@H](C(C)C)N(C)C)cc1. The Morgan fingerprint density at radius 2 is 1.47 bits per heavy atom. The van der Waals surface area contributed by atoms with E-state index >= 15 is 0 Å². The van der Waals surface area contributed by atoms with Gasteiger partial charge in [0.05, 0.1) is 6.10 Å². The molecule has 0 radical (unpaired) electrons. The van der Waals surface area contributed by atoms with Gasteiger partial charge >= 0.3 is 0 Å². The molecule has 0 bridgehead atoms. The van der Waals surface area contributed by atoms with Gasteiger partial charge in [0.2, 0.25) is 0 Å². The summed E-state index contributed by atoms with van der Waals surface area (Å²) < 4.78 is 5.66. The van der Waals surface area contributed by atoms with Gasteiger partial charge in [-0.3, -0.25) is 0 Å². The second kappa shape index (κ2) is 6.06. The number of hydrogen-bond acceptors (Lipinski definition) is 2. The average Bonchev–Trinajstić information content (AvgIpc) is 2.18. The van der Waals surface area contributed by atoms with Crippen LogP contribution < -0.4 is 4.74 Å². The minimum atomic E-state index is 0.232. The lowest BCUT2D eigenvalue weighted by Gasteiger charge is -2.28. The Balaban J connectivity index is 2.85. The maximum atomic E-state index is 5.66. The van der Waals surface area contributed by atoms with Crippen LogP contribution in [0.2, 0.25) is 0 Å². The molecule has 2 heteroatoms. The van der Waals surface area contributed by atoms with Crippen LogP contribution in [0.5, 0.6) is 5.75 Å². The topological polar surface area (TPSA) is 12.5 Å². The molecule has 1 aromatic carbocycles. The molecule has 1 atom stereocenters. The van der Waals surface area contributed by atoms with E-state index in [2.05, 4.69) is 57.1 Å². The van der Waals surface area contributed by atoms with Crippen molar-refractivity contribution in [3.63, 3.8) is 0 Å². The van der Waals surface area contributed by atoms with Gasteiger partial charge < -0.3 is 9.64 Å². The molecule has 0 heterocycles. The minimum Gasteiger partial charge on any atom is -0.491 e. The Labute approximate surface area is 106 Å². The zero-order valence-corrected chi connectivity index (χ0v) is 11.9. The van der Waals surface area contributed by atoms with Gasteiger partial charge in [0.1, 0.15) is 5.75 Å². The summed E-state index contributed by atoms with van der Waals surface area (Å²) in [6.45, 7) is 8.60. The number of rotatable bonds is 5. The number of ether oxygens (including phenoxy) is 1. The third-order valence-electron chi connectivity index (χ3n) is 2.78. The lowest BCUT2D eigenvalue weighted by molar-refractivity contribution is 0.232. The number of hydrogen-bond donors (Lipinski definition) is 0. The predicted octanol–water partition coefficient (Wildman–Crippen LogP) is 3.73. The normalized spacial score (nSPS) is 13.5. The molecule has 0 aliphatic rings. The van der Waals surface area contributed by atoms with E-state index < -0.39 is 0 Å². The monoisotopic (exact) mass is 235 g/mol. The van der Waals surface area contributed by atoms with Crippen LogP contribution in [0, 0.1) is 5.92 Å². The van der Waals surface area contributed by atoms with Crippen LogP contribution in [0.4, 0.5) is 0 Å². The summed E-state index contributed by atoms with van der Waals surface area (Å²) in [5, 5.41) is 0. The molecule has 0 N–H and O–H groups in total. The third kappa shape index (κ3) is 4.04. The lowest BCUT2D eigenvalue weighted by Crippen LogP contribution is -2.24. The largest absolute Gasteiger partial charge is 0.491 e. The Bertz CT molecular complexity index is 319. The van der Waals surface area contributed by atoms with Crippen molar-refractivity contribution >= 4 is 0 Å². The molecule has 96 valence electrons. The highest BCUT2D eigenvalue weighted by atomic mass is 16.5. The summed E-state index contributed by atoms with van der Waals surface area (Å²) >= 11 is 0. The van der Waals surface area contributed by atoms with Gasteiger partial charge in [-0.1, -0.05) is 26.0 Å². The maximum Gasteiger partial charge on any atom is 0.119 e. The van der Waals surface area contributed by atoms with Crippen molar-refractivity contribution in [2.45, 2.75) is 39.8 Å². The highest BCUT2D eigenvalue weighted by molar-refractivity contribution is 5.29. The van der Waals surface area contributed by atoms with Gasteiger partial charge in [0.25, 0.3) is 0 Å². The van der Waals surface area contributed by atoms with Gasteiger partial charge in [-0.2, -0.15) is 0 Å². The van der Waals surface area contributed by atoms with Gasteiger partial charge in [-0.25, -0.2) is 0 Å². The molecular formula is C15H25NO. The molecule has 0 unspecified atom stereocenters. The Morgan fingerprint density at radius 3 is 1.82 bits per heavy atom. The number of nitrogens with zero attached hydrogens (tertiary/aromatic N) is 1. The minimum absolute atomic E-state index is 0.232. The summed E-state index contributed by atoms with van der Waals surface area (Å²) in [5.74, 6) is 1.55. The number of benzene rings is 1. The van der Waals surface area contributed by atoms with Crippen molar-refractivity contribution in [1.29, 1.82) is 0 Å². The van der Waals surface area contributed by atoms with Gasteiger partial charge in [-0.05, 0) is 51.6 Å². The van der Waals surface area contributed by atoms with Crippen molar-refractivity contribution in [3.05, 3.63) is 29.8 Å². The van der Waals surface area contributed by atoms with Crippen LogP contribution in [0.1, 0.15) is 39.3 Å². The zero-order chi connectivity index (χ0) is 13.0. The average molecular weight is 235 g/mol. The smallest absolute Gasteiger partial charge is 0.119 e. The fraction of sp³-hybridized carbons (Fsp3) is 0.600. The Morgan fingerprint density at radius 1 is 0.941 bits per heavy atom. The second-order valence-corrected chi connectivity index (χ2v) is 5.39. The maximum absolute atomic E-state index is 5.66. The first-order valence-corrected chi connectivity index (χ1v) is 6.35. The Hall–Kier alpha value is -1.02. The summed E-state index contributed by atoms with van der Waals surface area (Å²) in [7, 11) is 4.26. The van der Waals surface area contributed by atoms with E-state index in [4.69, 9.17) is 4.74 Å². The van der Waals surface area contributed by atoms with Crippen molar-refractivity contribution < 1.29 is 4.74 Å². The first kappa shape index (κ1) is 14.0. The first-order valence-electron chi connectivity index (χ1n) is 6.35. The molecule has 2 nitrogen and oxygen atoms in total. The molecule has 0 aliphatic carbocycles. The van der Waals surface area contributed by atoms with Crippen molar-refractivity contribution in [2.75, 3.05) is 14.1 Å². The molecule has 1 aromatic rings. The van der Waals surface area contributed by atoms with Crippen LogP contribution in [0.15, 0.2) is 24.3 Å². The second-order valence-electron chi connectivity index (χ2n) is 5.39. The van der Waals surface area contributed by atoms with Crippen LogP contribution in [-0.2, 0) is 0 Å². The molecule has 0 aromatic heterocycles. The quantitative estimate of drug-likeness (QED) is 0.771. The fourth-order valence-corrected chi connectivity index (χ4v) is 2.30. The van der Waals surface area contributed by atoms with Crippen molar-refractivity contribution in [2.24, 2.45) is 5.92 Å². The fourth-order valence-electron chi connectivity index (χ4n) is 2.30. The molecular weight excluding hydrogens is 210 g/mol. The zero-order valence-electron chi connectivity index (χ0n) is 11.9. The standard InChI is InChI=1S/C15H25NO/c1-11(2)15(16(5)6)13-7-9-14(10-8-13)17-12(3)4/h7-12,15H,1-6H3/t15-/m1/s1. The molecule has 1 rings (SSSR count). The lowest BCUT2D eigenvalue weighted by atomic mass is 9.95. The van der Waals surface area contributed by atoms with Gasteiger partial charge in [0.15, 0.2) is 0 Å². The Kier molecular flexibility index (Phi) is 5.01. The van der Waals surface area contributed by atoms with E-state index in [-0.39, 0.29) is 6.10 Å². The van der Waals surface area contributed by atoms with Crippen molar-refractivity contribution in [1.82, 2.24) is 4.90 Å². The van der Waals surface area contributed by atoms with Crippen LogP contribution in [-0.4, -0.2) is 25.1 Å². The molecule has 0 saturated carbocycles. The molecule has 0 aliphatic heterocycles. The van der Waals surface area contributed by atoms with Gasteiger partial charge in [-0.15, -0.1) is 0 Å². The summed E-state index contributed by atoms with van der Waals surface area (Å²) in [6.07, 6.45) is 0.232. The molecule has 0 saturated heterocycles. The molecule has 17 heavy (non-hydrogen) atoms. The van der Waals surface area contributed by atoms with E-state index in [9.17, 15) is 0 Å². The van der Waals surface area contributed by atoms with E-state index in [0.717, 1.165) is 5.75 Å².